The molecule has 10 heteroatoms. The molecule has 1 atom stereocenters. The number of anilines is 1. The van der Waals surface area contributed by atoms with Gasteiger partial charge in [0.05, 0.1) is 17.0 Å². The Hall–Kier alpha value is -3.07. The lowest BCUT2D eigenvalue weighted by molar-refractivity contribution is -0.140. The van der Waals surface area contributed by atoms with E-state index in [4.69, 9.17) is 23.2 Å². The Morgan fingerprint density at radius 1 is 0.895 bits per heavy atom. The molecule has 0 saturated heterocycles. The fourth-order valence-corrected chi connectivity index (χ4v) is 5.23. The fourth-order valence-electron chi connectivity index (χ4n) is 3.96. The van der Waals surface area contributed by atoms with E-state index in [1.165, 1.54) is 11.0 Å². The SMILES string of the molecule is CCCNC(=O)[C@@H](Cc1ccccc1)N(Cc1ccc(Cl)cc1)C(=O)CN(c1ccccc1Cl)S(C)(=O)=O. The number of hydrogen-bond acceptors (Lipinski definition) is 4. The summed E-state index contributed by atoms with van der Waals surface area (Å²) in [7, 11) is -3.88. The Kier molecular flexibility index (Phi) is 10.6. The number of benzene rings is 3. The Bertz CT molecular complexity index is 1340. The summed E-state index contributed by atoms with van der Waals surface area (Å²) in [6.07, 6.45) is 1.99. The molecule has 3 rings (SSSR count). The van der Waals surface area contributed by atoms with Crippen LogP contribution in [0.5, 0.6) is 0 Å². The maximum atomic E-state index is 13.9. The van der Waals surface area contributed by atoms with Crippen LogP contribution in [0, 0.1) is 0 Å². The van der Waals surface area contributed by atoms with Crippen molar-refractivity contribution in [2.24, 2.45) is 0 Å². The highest BCUT2D eigenvalue weighted by atomic mass is 35.5. The third kappa shape index (κ3) is 8.21. The molecule has 202 valence electrons. The molecule has 0 saturated carbocycles. The average Bonchev–Trinajstić information content (AvgIpc) is 2.89. The second-order valence-electron chi connectivity index (χ2n) is 8.87. The van der Waals surface area contributed by atoms with Crippen molar-refractivity contribution < 1.29 is 18.0 Å². The van der Waals surface area contributed by atoms with Crippen LogP contribution in [-0.2, 0) is 32.6 Å². The van der Waals surface area contributed by atoms with Crippen molar-refractivity contribution in [1.82, 2.24) is 10.2 Å². The number of para-hydroxylation sites is 1. The summed E-state index contributed by atoms with van der Waals surface area (Å²) >= 11 is 12.4. The molecule has 0 aliphatic heterocycles. The number of carbonyl (C=O) groups excluding carboxylic acids is 2. The minimum atomic E-state index is -3.88. The van der Waals surface area contributed by atoms with Crippen LogP contribution >= 0.6 is 23.2 Å². The molecule has 0 aromatic heterocycles. The van der Waals surface area contributed by atoms with Crippen molar-refractivity contribution in [3.8, 4) is 0 Å². The summed E-state index contributed by atoms with van der Waals surface area (Å²) < 4.78 is 26.5. The number of amides is 2. The lowest BCUT2D eigenvalue weighted by Crippen LogP contribution is -2.53. The van der Waals surface area contributed by atoms with Gasteiger partial charge in [-0.2, -0.15) is 0 Å². The Labute approximate surface area is 234 Å². The highest BCUT2D eigenvalue weighted by Crippen LogP contribution is 2.27. The summed E-state index contributed by atoms with van der Waals surface area (Å²) in [5.41, 5.74) is 1.79. The molecule has 38 heavy (non-hydrogen) atoms. The molecule has 2 amide bonds. The van der Waals surface area contributed by atoms with Crippen LogP contribution in [0.3, 0.4) is 0 Å². The number of hydrogen-bond donors (Lipinski definition) is 1. The highest BCUT2D eigenvalue weighted by Gasteiger charge is 2.33. The summed E-state index contributed by atoms with van der Waals surface area (Å²) in [4.78, 5) is 28.8. The van der Waals surface area contributed by atoms with Crippen LogP contribution in [0.4, 0.5) is 5.69 Å². The number of sulfonamides is 1. The standard InChI is InChI=1S/C28H31Cl2N3O4S/c1-3-17-31-28(35)26(18-21-9-5-4-6-10-21)32(19-22-13-15-23(29)16-14-22)27(34)20-33(38(2,36)37)25-12-8-7-11-24(25)30/h4-16,26H,3,17-20H2,1-2H3,(H,31,35)/t26-/m1/s1. The van der Waals surface area contributed by atoms with Crippen LogP contribution in [0.1, 0.15) is 24.5 Å². The normalized spacial score (nSPS) is 12.0. The second kappa shape index (κ2) is 13.6. The van der Waals surface area contributed by atoms with E-state index < -0.39 is 28.5 Å². The van der Waals surface area contributed by atoms with Gasteiger partial charge in [0.2, 0.25) is 21.8 Å². The van der Waals surface area contributed by atoms with Gasteiger partial charge in [-0.3, -0.25) is 13.9 Å². The second-order valence-corrected chi connectivity index (χ2v) is 11.6. The summed E-state index contributed by atoms with van der Waals surface area (Å²) in [6.45, 7) is 1.94. The van der Waals surface area contributed by atoms with Gasteiger partial charge in [-0.25, -0.2) is 8.42 Å². The molecule has 3 aromatic carbocycles. The molecule has 1 N–H and O–H groups in total. The number of rotatable bonds is 12. The minimum Gasteiger partial charge on any atom is -0.354 e. The van der Waals surface area contributed by atoms with Crippen LogP contribution in [0.2, 0.25) is 10.0 Å². The minimum absolute atomic E-state index is 0.0766. The third-order valence-electron chi connectivity index (χ3n) is 5.89. The lowest BCUT2D eigenvalue weighted by Gasteiger charge is -2.33. The Morgan fingerprint density at radius 2 is 1.53 bits per heavy atom. The monoisotopic (exact) mass is 575 g/mol. The van der Waals surface area contributed by atoms with Gasteiger partial charge in [-0.1, -0.05) is 84.7 Å². The quantitative estimate of drug-likeness (QED) is 0.332. The first-order valence-electron chi connectivity index (χ1n) is 12.2. The topological polar surface area (TPSA) is 86.8 Å². The van der Waals surface area contributed by atoms with Crippen molar-refractivity contribution >= 4 is 50.7 Å². The Morgan fingerprint density at radius 3 is 2.13 bits per heavy atom. The highest BCUT2D eigenvalue weighted by molar-refractivity contribution is 7.92. The molecule has 0 bridgehead atoms. The average molecular weight is 577 g/mol. The lowest BCUT2D eigenvalue weighted by atomic mass is 10.0. The van der Waals surface area contributed by atoms with Crippen LogP contribution in [-0.4, -0.2) is 50.5 Å². The molecule has 0 unspecified atom stereocenters. The maximum absolute atomic E-state index is 13.9. The van der Waals surface area contributed by atoms with Gasteiger partial charge in [0.15, 0.2) is 0 Å². The Balaban J connectivity index is 2.04. The predicted molar refractivity (Wildman–Crippen MR) is 153 cm³/mol. The first-order chi connectivity index (χ1) is 18.1. The van der Waals surface area contributed by atoms with Crippen molar-refractivity contribution in [1.29, 1.82) is 0 Å². The van der Waals surface area contributed by atoms with Gasteiger partial charge >= 0.3 is 0 Å². The van der Waals surface area contributed by atoms with E-state index in [0.29, 0.717) is 11.6 Å². The van der Waals surface area contributed by atoms with E-state index in [1.54, 1.807) is 42.5 Å². The molecule has 0 fully saturated rings. The molecule has 0 aliphatic rings. The summed E-state index contributed by atoms with van der Waals surface area (Å²) in [5, 5.41) is 3.63. The van der Waals surface area contributed by atoms with Crippen molar-refractivity contribution in [3.05, 3.63) is 100 Å². The first-order valence-corrected chi connectivity index (χ1v) is 14.8. The van der Waals surface area contributed by atoms with Gasteiger partial charge in [0, 0.05) is 24.5 Å². The molecule has 0 radical (unpaired) electrons. The smallest absolute Gasteiger partial charge is 0.244 e. The predicted octanol–water partition coefficient (Wildman–Crippen LogP) is 4.93. The molecule has 0 heterocycles. The van der Waals surface area contributed by atoms with E-state index in [1.807, 2.05) is 37.3 Å². The van der Waals surface area contributed by atoms with E-state index >= 15 is 0 Å². The number of halogens is 2. The van der Waals surface area contributed by atoms with Gasteiger partial charge in [-0.05, 0) is 41.8 Å². The van der Waals surface area contributed by atoms with Crippen LogP contribution in [0.25, 0.3) is 0 Å². The first kappa shape index (κ1) is 29.5. The molecule has 7 nitrogen and oxygen atoms in total. The van der Waals surface area contributed by atoms with E-state index in [-0.39, 0.29) is 29.6 Å². The number of carbonyl (C=O) groups is 2. The van der Waals surface area contributed by atoms with Gasteiger partial charge in [0.1, 0.15) is 12.6 Å². The maximum Gasteiger partial charge on any atom is 0.244 e. The molecule has 0 spiro atoms. The van der Waals surface area contributed by atoms with Crippen molar-refractivity contribution in [2.45, 2.75) is 32.4 Å². The number of nitrogens with zero attached hydrogens (tertiary/aromatic N) is 2. The largest absolute Gasteiger partial charge is 0.354 e. The van der Waals surface area contributed by atoms with E-state index in [9.17, 15) is 18.0 Å². The molecule has 0 aliphatic carbocycles. The van der Waals surface area contributed by atoms with Gasteiger partial charge in [0.25, 0.3) is 0 Å². The zero-order valence-electron chi connectivity index (χ0n) is 21.3. The number of nitrogens with one attached hydrogen (secondary N) is 1. The van der Waals surface area contributed by atoms with Gasteiger partial charge in [-0.15, -0.1) is 0 Å². The summed E-state index contributed by atoms with van der Waals surface area (Å²) in [5.74, 6) is -0.862. The summed E-state index contributed by atoms with van der Waals surface area (Å²) in [6, 6.07) is 21.9. The van der Waals surface area contributed by atoms with Crippen LogP contribution < -0.4 is 9.62 Å². The van der Waals surface area contributed by atoms with Gasteiger partial charge < -0.3 is 10.2 Å². The molecular formula is C28H31Cl2N3O4S. The van der Waals surface area contributed by atoms with Crippen LogP contribution in [0.15, 0.2) is 78.9 Å². The molecular weight excluding hydrogens is 545 g/mol. The zero-order valence-corrected chi connectivity index (χ0v) is 23.6. The zero-order chi connectivity index (χ0) is 27.7. The van der Waals surface area contributed by atoms with E-state index in [2.05, 4.69) is 5.32 Å². The van der Waals surface area contributed by atoms with E-state index in [0.717, 1.165) is 28.1 Å². The molecule has 3 aromatic rings. The fraction of sp³-hybridized carbons (Fsp3) is 0.286. The third-order valence-corrected chi connectivity index (χ3v) is 7.58. The van der Waals surface area contributed by atoms with Crippen molar-refractivity contribution in [2.75, 3.05) is 23.7 Å². The van der Waals surface area contributed by atoms with Crippen molar-refractivity contribution in [3.63, 3.8) is 0 Å².